The number of likely N-dealkylation sites (tertiary alicyclic amines) is 1. The minimum absolute atomic E-state index is 0.0170. The lowest BCUT2D eigenvalue weighted by Gasteiger charge is -2.31. The van der Waals surface area contributed by atoms with E-state index in [-0.39, 0.29) is 23.5 Å². The van der Waals surface area contributed by atoms with Crippen molar-refractivity contribution in [2.45, 2.75) is 19.8 Å². The minimum atomic E-state index is -0.266. The van der Waals surface area contributed by atoms with Crippen LogP contribution in [0.4, 0.5) is 5.69 Å². The van der Waals surface area contributed by atoms with Crippen LogP contribution in [0.2, 0.25) is 0 Å². The molecule has 1 fully saturated rings. The topological polar surface area (TPSA) is 66.5 Å². The molecule has 0 spiro atoms. The number of anilines is 1. The highest BCUT2D eigenvalue weighted by molar-refractivity contribution is 7.12. The molecule has 2 aromatic rings. The van der Waals surface area contributed by atoms with Crippen LogP contribution in [0.1, 0.15) is 39.8 Å². The number of Topliss-reactive ketones (excluding diaryl/α,β-unsaturated/α-hetero) is 1. The van der Waals surface area contributed by atoms with Gasteiger partial charge in [0, 0.05) is 18.7 Å². The molecule has 1 aliphatic heterocycles. The van der Waals surface area contributed by atoms with Gasteiger partial charge < -0.3 is 10.2 Å². The average Bonchev–Trinajstić information content (AvgIpc) is 3.16. The van der Waals surface area contributed by atoms with Crippen molar-refractivity contribution < 1.29 is 14.4 Å². The summed E-state index contributed by atoms with van der Waals surface area (Å²) in [4.78, 5) is 39.3. The molecule has 1 unspecified atom stereocenters. The van der Waals surface area contributed by atoms with Crippen molar-refractivity contribution in [2.75, 3.05) is 18.4 Å². The lowest BCUT2D eigenvalue weighted by Crippen LogP contribution is -2.43. The molecule has 3 rings (SSSR count). The van der Waals surface area contributed by atoms with Gasteiger partial charge in [-0.25, -0.2) is 0 Å². The van der Waals surface area contributed by atoms with Crippen LogP contribution >= 0.6 is 11.3 Å². The Morgan fingerprint density at radius 3 is 2.68 bits per heavy atom. The summed E-state index contributed by atoms with van der Waals surface area (Å²) in [6, 6.07) is 10.6. The largest absolute Gasteiger partial charge is 0.337 e. The summed E-state index contributed by atoms with van der Waals surface area (Å²) in [5.41, 5.74) is 1.03. The van der Waals surface area contributed by atoms with Crippen molar-refractivity contribution >= 4 is 34.6 Å². The summed E-state index contributed by atoms with van der Waals surface area (Å²) in [5, 5.41) is 4.74. The highest BCUT2D eigenvalue weighted by Gasteiger charge is 2.29. The fraction of sp³-hybridized carbons (Fsp3) is 0.316. The molecule has 1 saturated heterocycles. The zero-order chi connectivity index (χ0) is 17.8. The van der Waals surface area contributed by atoms with E-state index in [0.717, 1.165) is 12.8 Å². The second-order valence-corrected chi connectivity index (χ2v) is 7.11. The van der Waals surface area contributed by atoms with Gasteiger partial charge in [-0.1, -0.05) is 18.2 Å². The summed E-state index contributed by atoms with van der Waals surface area (Å²) in [6.45, 7) is 2.56. The Morgan fingerprint density at radius 2 is 1.96 bits per heavy atom. The van der Waals surface area contributed by atoms with Gasteiger partial charge in [0.25, 0.3) is 5.91 Å². The van der Waals surface area contributed by atoms with E-state index in [4.69, 9.17) is 0 Å². The summed E-state index contributed by atoms with van der Waals surface area (Å²) < 4.78 is 0. The number of piperidine rings is 1. The molecule has 2 heterocycles. The van der Waals surface area contributed by atoms with E-state index in [2.05, 4.69) is 5.32 Å². The zero-order valence-corrected chi connectivity index (χ0v) is 14.8. The number of nitrogens with one attached hydrogen (secondary N) is 1. The number of carbonyl (C=O) groups is 3. The molecule has 25 heavy (non-hydrogen) atoms. The highest BCUT2D eigenvalue weighted by Crippen LogP contribution is 2.23. The number of benzene rings is 1. The van der Waals surface area contributed by atoms with Gasteiger partial charge in [0.2, 0.25) is 5.91 Å². The van der Waals surface area contributed by atoms with Crippen LogP contribution in [0, 0.1) is 5.92 Å². The van der Waals surface area contributed by atoms with E-state index in [1.165, 1.54) is 18.3 Å². The van der Waals surface area contributed by atoms with Gasteiger partial charge in [-0.15, -0.1) is 11.3 Å². The minimum Gasteiger partial charge on any atom is -0.337 e. The van der Waals surface area contributed by atoms with Crippen LogP contribution in [-0.2, 0) is 4.79 Å². The first-order valence-corrected chi connectivity index (χ1v) is 9.18. The smallest absolute Gasteiger partial charge is 0.263 e. The summed E-state index contributed by atoms with van der Waals surface area (Å²) >= 11 is 1.41. The maximum Gasteiger partial charge on any atom is 0.263 e. The average molecular weight is 356 g/mol. The normalized spacial score (nSPS) is 17.2. The molecule has 5 nitrogen and oxygen atoms in total. The number of thiophene rings is 1. The summed E-state index contributed by atoms with van der Waals surface area (Å²) in [6.07, 6.45) is 1.53. The molecule has 1 N–H and O–H groups in total. The molecule has 6 heteroatoms. The van der Waals surface area contributed by atoms with Crippen LogP contribution in [0.5, 0.6) is 0 Å². The molecule has 130 valence electrons. The fourth-order valence-corrected chi connectivity index (χ4v) is 3.76. The van der Waals surface area contributed by atoms with Crippen molar-refractivity contribution in [3.05, 3.63) is 52.2 Å². The second-order valence-electron chi connectivity index (χ2n) is 6.16. The molecule has 1 atom stereocenters. The van der Waals surface area contributed by atoms with Crippen molar-refractivity contribution in [1.29, 1.82) is 0 Å². The SMILES string of the molecule is CC(=O)c1ccccc1NC(=O)C1CCCN(C(=O)c2cccs2)C1. The third-order valence-corrected chi connectivity index (χ3v) is 5.23. The van der Waals surface area contributed by atoms with Gasteiger partial charge in [-0.2, -0.15) is 0 Å². The second kappa shape index (κ2) is 7.61. The molecular formula is C19H20N2O3S. The highest BCUT2D eigenvalue weighted by atomic mass is 32.1. The fourth-order valence-electron chi connectivity index (χ4n) is 3.07. The molecule has 1 aromatic carbocycles. The lowest BCUT2D eigenvalue weighted by molar-refractivity contribution is -0.121. The predicted molar refractivity (Wildman–Crippen MR) is 98.0 cm³/mol. The first kappa shape index (κ1) is 17.4. The molecule has 1 aliphatic rings. The van der Waals surface area contributed by atoms with Gasteiger partial charge in [-0.05, 0) is 43.3 Å². The van der Waals surface area contributed by atoms with Gasteiger partial charge in [0.15, 0.2) is 5.78 Å². The van der Waals surface area contributed by atoms with Crippen LogP contribution in [-0.4, -0.2) is 35.6 Å². The zero-order valence-electron chi connectivity index (χ0n) is 14.0. The molecule has 2 amide bonds. The Morgan fingerprint density at radius 1 is 1.16 bits per heavy atom. The molecule has 1 aromatic heterocycles. The Kier molecular flexibility index (Phi) is 5.28. The van der Waals surface area contributed by atoms with E-state index < -0.39 is 0 Å². The number of hydrogen-bond acceptors (Lipinski definition) is 4. The molecule has 0 bridgehead atoms. The number of carbonyl (C=O) groups excluding carboxylic acids is 3. The van der Waals surface area contributed by atoms with E-state index >= 15 is 0 Å². The van der Waals surface area contributed by atoms with Crippen molar-refractivity contribution in [3.63, 3.8) is 0 Å². The molecular weight excluding hydrogens is 336 g/mol. The first-order valence-electron chi connectivity index (χ1n) is 8.30. The van der Waals surface area contributed by atoms with Crippen LogP contribution in [0.3, 0.4) is 0 Å². The Hall–Kier alpha value is -2.47. The standard InChI is InChI=1S/C19H20N2O3S/c1-13(22)15-7-2-3-8-16(15)20-18(23)14-6-4-10-21(12-14)19(24)17-9-5-11-25-17/h2-3,5,7-9,11,14H,4,6,10,12H2,1H3,(H,20,23). The third kappa shape index (κ3) is 3.96. The van der Waals surface area contributed by atoms with E-state index in [0.29, 0.717) is 29.2 Å². The molecule has 0 saturated carbocycles. The van der Waals surface area contributed by atoms with Gasteiger partial charge >= 0.3 is 0 Å². The number of hydrogen-bond donors (Lipinski definition) is 1. The van der Waals surface area contributed by atoms with Crippen molar-refractivity contribution in [1.82, 2.24) is 4.90 Å². The summed E-state index contributed by atoms with van der Waals surface area (Å²) in [7, 11) is 0. The van der Waals surface area contributed by atoms with Crippen molar-refractivity contribution in [2.24, 2.45) is 5.92 Å². The Bertz CT molecular complexity index is 786. The molecule has 0 radical (unpaired) electrons. The number of ketones is 1. The predicted octanol–water partition coefficient (Wildman–Crippen LogP) is 3.44. The van der Waals surface area contributed by atoms with E-state index in [1.54, 1.807) is 35.2 Å². The maximum absolute atomic E-state index is 12.6. The number of nitrogens with zero attached hydrogens (tertiary/aromatic N) is 1. The Balaban J connectivity index is 1.68. The van der Waals surface area contributed by atoms with E-state index in [9.17, 15) is 14.4 Å². The summed E-state index contributed by atoms with van der Waals surface area (Å²) in [5.74, 6) is -0.513. The maximum atomic E-state index is 12.6. The van der Waals surface area contributed by atoms with Crippen LogP contribution in [0.25, 0.3) is 0 Å². The van der Waals surface area contributed by atoms with Gasteiger partial charge in [0.05, 0.1) is 16.5 Å². The first-order chi connectivity index (χ1) is 12.1. The number of para-hydroxylation sites is 1. The van der Waals surface area contributed by atoms with Gasteiger partial charge in [0.1, 0.15) is 0 Å². The van der Waals surface area contributed by atoms with E-state index in [1.807, 2.05) is 11.4 Å². The number of rotatable bonds is 4. The third-order valence-electron chi connectivity index (χ3n) is 4.38. The molecule has 0 aliphatic carbocycles. The van der Waals surface area contributed by atoms with Crippen molar-refractivity contribution in [3.8, 4) is 0 Å². The van der Waals surface area contributed by atoms with Crippen LogP contribution in [0.15, 0.2) is 41.8 Å². The quantitative estimate of drug-likeness (QED) is 0.854. The van der Waals surface area contributed by atoms with Gasteiger partial charge in [-0.3, -0.25) is 14.4 Å². The monoisotopic (exact) mass is 356 g/mol. The lowest BCUT2D eigenvalue weighted by atomic mass is 9.96. The van der Waals surface area contributed by atoms with Crippen LogP contribution < -0.4 is 5.32 Å². The Labute approximate surface area is 150 Å². The number of amides is 2.